The van der Waals surface area contributed by atoms with Crippen molar-refractivity contribution in [1.82, 2.24) is 4.57 Å². The lowest BCUT2D eigenvalue weighted by Gasteiger charge is -2.33. The number of nitrogens with zero attached hydrogens (tertiary/aromatic N) is 2. The van der Waals surface area contributed by atoms with Gasteiger partial charge in [0.25, 0.3) is 0 Å². The molecule has 1 fully saturated rings. The average molecular weight is 391 g/mol. The zero-order chi connectivity index (χ0) is 20.7. The molecule has 150 valence electrons. The first-order valence-electron chi connectivity index (χ1n) is 9.89. The van der Waals surface area contributed by atoms with Crippen LogP contribution in [0.1, 0.15) is 35.7 Å². The Morgan fingerprint density at radius 3 is 2.41 bits per heavy atom. The number of piperidine rings is 1. The van der Waals surface area contributed by atoms with Crippen LogP contribution < -0.4 is 16.1 Å². The topological polar surface area (TPSA) is 88.6 Å². The van der Waals surface area contributed by atoms with Crippen molar-refractivity contribution < 1.29 is 9.90 Å². The Morgan fingerprint density at radius 2 is 1.79 bits per heavy atom. The average Bonchev–Trinajstić information content (AvgIpc) is 2.70. The number of aromatic nitrogens is 1. The number of nitrogen functional groups attached to an aromatic ring is 1. The van der Waals surface area contributed by atoms with Crippen LogP contribution >= 0.6 is 0 Å². The van der Waals surface area contributed by atoms with Crippen LogP contribution in [0.4, 0.5) is 11.4 Å². The summed E-state index contributed by atoms with van der Waals surface area (Å²) in [5.41, 5.74) is 9.27. The van der Waals surface area contributed by atoms with Gasteiger partial charge in [-0.05, 0) is 67.6 Å². The molecule has 0 amide bonds. The van der Waals surface area contributed by atoms with E-state index in [9.17, 15) is 14.7 Å². The number of hydrogen-bond donors (Lipinski definition) is 2. The van der Waals surface area contributed by atoms with Gasteiger partial charge in [0.15, 0.2) is 0 Å². The molecule has 1 aromatic heterocycles. The fourth-order valence-electron chi connectivity index (χ4n) is 4.06. The van der Waals surface area contributed by atoms with Gasteiger partial charge in [0.2, 0.25) is 5.43 Å². The van der Waals surface area contributed by atoms with Crippen LogP contribution in [0.5, 0.6) is 0 Å². The van der Waals surface area contributed by atoms with E-state index in [1.165, 1.54) is 6.20 Å². The van der Waals surface area contributed by atoms with Gasteiger partial charge in [-0.2, -0.15) is 0 Å². The summed E-state index contributed by atoms with van der Waals surface area (Å²) in [5, 5.41) is 9.96. The van der Waals surface area contributed by atoms with E-state index < -0.39 is 11.4 Å². The second kappa shape index (κ2) is 7.28. The first-order valence-corrected chi connectivity index (χ1v) is 9.89. The van der Waals surface area contributed by atoms with E-state index in [-0.39, 0.29) is 5.56 Å². The quantitative estimate of drug-likeness (QED) is 0.663. The number of hydrogen-bond acceptors (Lipinski definition) is 4. The van der Waals surface area contributed by atoms with Crippen LogP contribution in [0, 0.1) is 12.8 Å². The van der Waals surface area contributed by atoms with Crippen LogP contribution in [0.3, 0.4) is 0 Å². The van der Waals surface area contributed by atoms with Gasteiger partial charge in [0.1, 0.15) is 5.56 Å². The molecule has 0 spiro atoms. The number of carboxylic acids is 1. The van der Waals surface area contributed by atoms with E-state index >= 15 is 0 Å². The van der Waals surface area contributed by atoms with Crippen molar-refractivity contribution in [2.45, 2.75) is 26.7 Å². The van der Waals surface area contributed by atoms with Gasteiger partial charge in [-0.25, -0.2) is 4.79 Å². The molecule has 1 aliphatic rings. The molecule has 0 atom stereocenters. The second-order valence-electron chi connectivity index (χ2n) is 7.96. The maximum atomic E-state index is 12.9. The first-order chi connectivity index (χ1) is 13.8. The van der Waals surface area contributed by atoms with Crippen LogP contribution in [-0.2, 0) is 0 Å². The molecule has 1 aliphatic heterocycles. The molecule has 6 heteroatoms. The van der Waals surface area contributed by atoms with Crippen LogP contribution in [0.25, 0.3) is 16.6 Å². The van der Waals surface area contributed by atoms with Gasteiger partial charge in [-0.15, -0.1) is 0 Å². The molecule has 2 heterocycles. The summed E-state index contributed by atoms with van der Waals surface area (Å²) >= 11 is 0. The Balaban J connectivity index is 1.97. The summed E-state index contributed by atoms with van der Waals surface area (Å²) < 4.78 is 1.77. The molecule has 3 N–H and O–H groups in total. The molecule has 0 saturated carbocycles. The number of rotatable bonds is 3. The number of fused-ring (bicyclic) bond motifs is 1. The van der Waals surface area contributed by atoms with E-state index in [0.717, 1.165) is 48.8 Å². The largest absolute Gasteiger partial charge is 0.477 e. The van der Waals surface area contributed by atoms with E-state index in [2.05, 4.69) is 11.8 Å². The van der Waals surface area contributed by atoms with Crippen LogP contribution in [0.2, 0.25) is 0 Å². The zero-order valence-corrected chi connectivity index (χ0v) is 16.7. The maximum absolute atomic E-state index is 12.9. The lowest BCUT2D eigenvalue weighted by molar-refractivity contribution is 0.0695. The Kier molecular flexibility index (Phi) is 4.78. The maximum Gasteiger partial charge on any atom is 0.341 e. The van der Waals surface area contributed by atoms with Crippen molar-refractivity contribution in [2.24, 2.45) is 5.92 Å². The van der Waals surface area contributed by atoms with Gasteiger partial charge < -0.3 is 20.3 Å². The highest BCUT2D eigenvalue weighted by molar-refractivity contribution is 5.94. The summed E-state index contributed by atoms with van der Waals surface area (Å²) in [6.07, 6.45) is 3.69. The molecular formula is C23H25N3O3. The highest BCUT2D eigenvalue weighted by Crippen LogP contribution is 2.30. The number of anilines is 2. The monoisotopic (exact) mass is 391 g/mol. The minimum atomic E-state index is -1.23. The third kappa shape index (κ3) is 3.46. The predicted octanol–water partition coefficient (Wildman–Crippen LogP) is 3.82. The van der Waals surface area contributed by atoms with Gasteiger partial charge in [0, 0.05) is 41.7 Å². The number of pyridine rings is 1. The number of nitrogens with two attached hydrogens (primary N) is 1. The fraction of sp³-hybridized carbons (Fsp3) is 0.304. The Morgan fingerprint density at radius 1 is 1.14 bits per heavy atom. The minimum Gasteiger partial charge on any atom is -0.477 e. The molecule has 0 unspecified atom stereocenters. The van der Waals surface area contributed by atoms with Crippen molar-refractivity contribution >= 4 is 28.2 Å². The smallest absolute Gasteiger partial charge is 0.341 e. The Bertz CT molecular complexity index is 1140. The Hall–Kier alpha value is -3.28. The van der Waals surface area contributed by atoms with Crippen molar-refractivity contribution in [3.63, 3.8) is 0 Å². The number of benzene rings is 2. The van der Waals surface area contributed by atoms with Crippen molar-refractivity contribution in [2.75, 3.05) is 23.7 Å². The molecule has 0 bridgehead atoms. The summed E-state index contributed by atoms with van der Waals surface area (Å²) in [5.74, 6) is -0.508. The second-order valence-corrected chi connectivity index (χ2v) is 7.96. The third-order valence-corrected chi connectivity index (χ3v) is 5.85. The lowest BCUT2D eigenvalue weighted by atomic mass is 9.97. The standard InChI is InChI=1S/C23H25N3O3/c1-14-7-9-25(10-8-14)20-12-21-18(11-15(20)2)22(27)19(23(28)29)13-26(21)17-5-3-16(24)4-6-17/h3-6,11-14H,7-10,24H2,1-2H3,(H,28,29). The molecule has 1 saturated heterocycles. The molecule has 0 aliphatic carbocycles. The van der Waals surface area contributed by atoms with Gasteiger partial charge in [-0.1, -0.05) is 6.92 Å². The highest BCUT2D eigenvalue weighted by atomic mass is 16.4. The molecule has 0 radical (unpaired) electrons. The Labute approximate surface area is 169 Å². The first kappa shape index (κ1) is 19.1. The number of carbonyl (C=O) groups is 1. The van der Waals surface area contributed by atoms with Gasteiger partial charge >= 0.3 is 5.97 Å². The molecule has 29 heavy (non-hydrogen) atoms. The third-order valence-electron chi connectivity index (χ3n) is 5.85. The zero-order valence-electron chi connectivity index (χ0n) is 16.7. The minimum absolute atomic E-state index is 0.242. The van der Waals surface area contributed by atoms with E-state index in [4.69, 9.17) is 5.73 Å². The molecular weight excluding hydrogens is 366 g/mol. The van der Waals surface area contributed by atoms with Crippen molar-refractivity contribution in [3.8, 4) is 5.69 Å². The van der Waals surface area contributed by atoms with Crippen molar-refractivity contribution in [3.05, 3.63) is 63.9 Å². The molecule has 6 nitrogen and oxygen atoms in total. The number of aromatic carboxylic acids is 1. The van der Waals surface area contributed by atoms with E-state index in [0.29, 0.717) is 16.6 Å². The molecule has 4 rings (SSSR count). The highest BCUT2D eigenvalue weighted by Gasteiger charge is 2.21. The van der Waals surface area contributed by atoms with Gasteiger partial charge in [0.05, 0.1) is 5.52 Å². The van der Waals surface area contributed by atoms with Crippen LogP contribution in [-0.4, -0.2) is 28.7 Å². The normalized spacial score (nSPS) is 15.0. The van der Waals surface area contributed by atoms with Crippen molar-refractivity contribution in [1.29, 1.82) is 0 Å². The fourth-order valence-corrected chi connectivity index (χ4v) is 4.06. The van der Waals surface area contributed by atoms with E-state index in [1.807, 2.05) is 31.2 Å². The molecule has 2 aromatic carbocycles. The van der Waals surface area contributed by atoms with E-state index in [1.54, 1.807) is 16.7 Å². The number of carboxylic acid groups (broad SMARTS) is 1. The predicted molar refractivity (Wildman–Crippen MR) is 116 cm³/mol. The summed E-state index contributed by atoms with van der Waals surface area (Å²) in [4.78, 5) is 26.9. The SMILES string of the molecule is Cc1cc2c(=O)c(C(=O)O)cn(-c3ccc(N)cc3)c2cc1N1CCC(C)CC1. The summed E-state index contributed by atoms with van der Waals surface area (Å²) in [6.45, 7) is 6.21. The molecule has 3 aromatic rings. The van der Waals surface area contributed by atoms with Gasteiger partial charge in [-0.3, -0.25) is 4.79 Å². The number of aryl methyl sites for hydroxylation is 1. The summed E-state index contributed by atoms with van der Waals surface area (Å²) in [7, 11) is 0. The lowest BCUT2D eigenvalue weighted by Crippen LogP contribution is -2.33. The van der Waals surface area contributed by atoms with Crippen LogP contribution in [0.15, 0.2) is 47.4 Å². The summed E-state index contributed by atoms with van der Waals surface area (Å²) in [6, 6.07) is 11.0.